The first kappa shape index (κ1) is 13.0. The summed E-state index contributed by atoms with van der Waals surface area (Å²) >= 11 is 1.23. The van der Waals surface area contributed by atoms with Crippen LogP contribution >= 0.6 is 11.3 Å². The molecule has 2 rings (SSSR count). The van der Waals surface area contributed by atoms with E-state index < -0.39 is 4.92 Å². The SMILES string of the molecule is CC(=O)c1cc([N+](=O)[O-])c(N2CC(C)CC2C)s1. The van der Waals surface area contributed by atoms with Gasteiger partial charge in [0.05, 0.1) is 9.80 Å². The molecular weight excluding hydrogens is 252 g/mol. The number of anilines is 1. The lowest BCUT2D eigenvalue weighted by atomic mass is 10.1. The van der Waals surface area contributed by atoms with Crippen molar-refractivity contribution in [2.75, 3.05) is 11.4 Å². The van der Waals surface area contributed by atoms with E-state index in [1.807, 2.05) is 0 Å². The number of hydrogen-bond acceptors (Lipinski definition) is 5. The van der Waals surface area contributed by atoms with Gasteiger partial charge in [-0.25, -0.2) is 0 Å². The van der Waals surface area contributed by atoms with E-state index in [9.17, 15) is 14.9 Å². The van der Waals surface area contributed by atoms with Crippen molar-refractivity contribution in [2.45, 2.75) is 33.2 Å². The zero-order valence-electron chi connectivity index (χ0n) is 10.7. The van der Waals surface area contributed by atoms with E-state index in [2.05, 4.69) is 18.7 Å². The van der Waals surface area contributed by atoms with Crippen LogP contribution in [0.5, 0.6) is 0 Å². The van der Waals surface area contributed by atoms with Crippen molar-refractivity contribution in [2.24, 2.45) is 5.92 Å². The van der Waals surface area contributed by atoms with E-state index >= 15 is 0 Å². The number of hydrogen-bond donors (Lipinski definition) is 0. The number of nitro groups is 1. The van der Waals surface area contributed by atoms with Crippen LogP contribution in [0, 0.1) is 16.0 Å². The summed E-state index contributed by atoms with van der Waals surface area (Å²) in [6.45, 7) is 6.47. The van der Waals surface area contributed by atoms with Crippen molar-refractivity contribution in [3.63, 3.8) is 0 Å². The van der Waals surface area contributed by atoms with Gasteiger partial charge in [0, 0.05) is 18.7 Å². The highest BCUT2D eigenvalue weighted by molar-refractivity contribution is 7.18. The molecule has 0 bridgehead atoms. The van der Waals surface area contributed by atoms with E-state index in [0.717, 1.165) is 13.0 Å². The molecule has 0 N–H and O–H groups in total. The van der Waals surface area contributed by atoms with E-state index in [-0.39, 0.29) is 17.5 Å². The van der Waals surface area contributed by atoms with Gasteiger partial charge in [-0.1, -0.05) is 6.92 Å². The van der Waals surface area contributed by atoms with Gasteiger partial charge in [-0.05, 0) is 26.2 Å². The lowest BCUT2D eigenvalue weighted by Crippen LogP contribution is -2.26. The number of ketones is 1. The number of carbonyl (C=O) groups excluding carboxylic acids is 1. The van der Waals surface area contributed by atoms with Gasteiger partial charge in [0.1, 0.15) is 0 Å². The maximum atomic E-state index is 11.4. The Hall–Kier alpha value is -1.43. The molecule has 0 spiro atoms. The molecular formula is C12H16N2O3S. The molecule has 2 heterocycles. The Kier molecular flexibility index (Phi) is 3.38. The predicted molar refractivity (Wildman–Crippen MR) is 71.6 cm³/mol. The molecule has 1 fully saturated rings. The zero-order chi connectivity index (χ0) is 13.4. The second-order valence-electron chi connectivity index (χ2n) is 4.96. The summed E-state index contributed by atoms with van der Waals surface area (Å²) in [5.74, 6) is 0.414. The van der Waals surface area contributed by atoms with Crippen LogP contribution in [0.3, 0.4) is 0 Å². The molecule has 0 saturated carbocycles. The van der Waals surface area contributed by atoms with Crippen LogP contribution in [0.1, 0.15) is 36.9 Å². The lowest BCUT2D eigenvalue weighted by Gasteiger charge is -2.20. The van der Waals surface area contributed by atoms with Gasteiger partial charge in [-0.15, -0.1) is 11.3 Å². The highest BCUT2D eigenvalue weighted by Gasteiger charge is 2.33. The minimum Gasteiger partial charge on any atom is -0.355 e. The maximum absolute atomic E-state index is 11.4. The molecule has 2 unspecified atom stereocenters. The van der Waals surface area contributed by atoms with Crippen molar-refractivity contribution >= 4 is 27.8 Å². The third-order valence-electron chi connectivity index (χ3n) is 3.28. The molecule has 1 aliphatic rings. The second-order valence-corrected chi connectivity index (χ2v) is 5.99. The molecule has 0 radical (unpaired) electrons. The minimum atomic E-state index is -0.395. The van der Waals surface area contributed by atoms with Crippen molar-refractivity contribution < 1.29 is 9.72 Å². The Morgan fingerprint density at radius 2 is 2.22 bits per heavy atom. The highest BCUT2D eigenvalue weighted by atomic mass is 32.1. The third-order valence-corrected chi connectivity index (χ3v) is 4.54. The fourth-order valence-electron chi connectivity index (χ4n) is 2.46. The molecule has 1 aromatic heterocycles. The Morgan fingerprint density at radius 3 is 2.67 bits per heavy atom. The highest BCUT2D eigenvalue weighted by Crippen LogP contribution is 2.41. The number of carbonyl (C=O) groups is 1. The van der Waals surface area contributed by atoms with Gasteiger partial charge in [-0.2, -0.15) is 0 Å². The number of nitrogens with zero attached hydrogens (tertiary/aromatic N) is 2. The smallest absolute Gasteiger partial charge is 0.304 e. The van der Waals surface area contributed by atoms with Gasteiger partial charge in [0.25, 0.3) is 0 Å². The Labute approximate surface area is 110 Å². The van der Waals surface area contributed by atoms with Crippen LogP contribution in [0.4, 0.5) is 10.7 Å². The summed E-state index contributed by atoms with van der Waals surface area (Å²) in [4.78, 5) is 24.6. The molecule has 0 amide bonds. The van der Waals surface area contributed by atoms with Gasteiger partial charge < -0.3 is 4.90 Å². The minimum absolute atomic E-state index is 0.0613. The van der Waals surface area contributed by atoms with Crippen molar-refractivity contribution in [3.8, 4) is 0 Å². The molecule has 0 aliphatic carbocycles. The topological polar surface area (TPSA) is 63.4 Å². The summed E-state index contributed by atoms with van der Waals surface area (Å²) in [6.07, 6.45) is 1.03. The van der Waals surface area contributed by atoms with Crippen LogP contribution < -0.4 is 4.90 Å². The zero-order valence-corrected chi connectivity index (χ0v) is 11.5. The second kappa shape index (κ2) is 4.68. The molecule has 1 aliphatic heterocycles. The van der Waals surface area contributed by atoms with Gasteiger partial charge in [-0.3, -0.25) is 14.9 Å². The molecule has 6 heteroatoms. The van der Waals surface area contributed by atoms with E-state index in [0.29, 0.717) is 15.8 Å². The summed E-state index contributed by atoms with van der Waals surface area (Å²) < 4.78 is 0. The van der Waals surface area contributed by atoms with Gasteiger partial charge >= 0.3 is 5.69 Å². The maximum Gasteiger partial charge on any atom is 0.304 e. The first-order valence-electron chi connectivity index (χ1n) is 5.96. The fourth-order valence-corrected chi connectivity index (χ4v) is 3.60. The predicted octanol–water partition coefficient (Wildman–Crippen LogP) is 3.09. The summed E-state index contributed by atoms with van der Waals surface area (Å²) in [5, 5.41) is 11.7. The van der Waals surface area contributed by atoms with Crippen LogP contribution in [-0.4, -0.2) is 23.3 Å². The van der Waals surface area contributed by atoms with Gasteiger partial charge in [0.2, 0.25) is 0 Å². The summed E-state index contributed by atoms with van der Waals surface area (Å²) in [7, 11) is 0. The van der Waals surface area contributed by atoms with Crippen LogP contribution in [-0.2, 0) is 0 Å². The summed E-state index contributed by atoms with van der Waals surface area (Å²) in [6, 6.07) is 1.69. The molecule has 2 atom stereocenters. The van der Waals surface area contributed by atoms with Crippen LogP contribution in [0.2, 0.25) is 0 Å². The standard InChI is InChI=1S/C12H16N2O3S/c1-7-4-8(2)13(6-7)12-10(14(16)17)5-11(18-12)9(3)15/h5,7-8H,4,6H2,1-3H3. The molecule has 98 valence electrons. The average molecular weight is 268 g/mol. The summed E-state index contributed by atoms with van der Waals surface area (Å²) in [5.41, 5.74) is 0.0613. The Morgan fingerprint density at radius 1 is 1.56 bits per heavy atom. The monoisotopic (exact) mass is 268 g/mol. The number of thiophene rings is 1. The van der Waals surface area contributed by atoms with Gasteiger partial charge in [0.15, 0.2) is 10.8 Å². The van der Waals surface area contributed by atoms with E-state index in [1.165, 1.54) is 24.3 Å². The largest absolute Gasteiger partial charge is 0.355 e. The average Bonchev–Trinajstić information content (AvgIpc) is 2.81. The molecule has 5 nitrogen and oxygen atoms in total. The fraction of sp³-hybridized carbons (Fsp3) is 0.583. The van der Waals surface area contributed by atoms with Crippen molar-refractivity contribution in [3.05, 3.63) is 21.1 Å². The number of Topliss-reactive ketones (excluding diaryl/α,β-unsaturated/α-hetero) is 1. The van der Waals surface area contributed by atoms with Crippen molar-refractivity contribution in [1.29, 1.82) is 0 Å². The van der Waals surface area contributed by atoms with Crippen molar-refractivity contribution in [1.82, 2.24) is 0 Å². The van der Waals surface area contributed by atoms with Crippen LogP contribution in [0.25, 0.3) is 0 Å². The lowest BCUT2D eigenvalue weighted by molar-refractivity contribution is -0.383. The van der Waals surface area contributed by atoms with E-state index in [1.54, 1.807) is 0 Å². The Balaban J connectivity index is 2.42. The van der Waals surface area contributed by atoms with Crippen LogP contribution in [0.15, 0.2) is 6.07 Å². The molecule has 1 aromatic rings. The third kappa shape index (κ3) is 2.25. The normalized spacial score (nSPS) is 23.4. The Bertz CT molecular complexity index is 498. The first-order valence-corrected chi connectivity index (χ1v) is 6.77. The quantitative estimate of drug-likeness (QED) is 0.480. The number of rotatable bonds is 3. The first-order chi connectivity index (χ1) is 8.40. The molecule has 1 saturated heterocycles. The molecule has 0 aromatic carbocycles. The molecule has 18 heavy (non-hydrogen) atoms. The van der Waals surface area contributed by atoms with E-state index in [4.69, 9.17) is 0 Å².